The zero-order chi connectivity index (χ0) is 11.1. The van der Waals surface area contributed by atoms with E-state index in [1.807, 2.05) is 0 Å². The first-order valence-electron chi connectivity index (χ1n) is 5.09. The number of benzene rings is 1. The van der Waals surface area contributed by atoms with Crippen molar-refractivity contribution in [2.24, 2.45) is 0 Å². The molecule has 1 fully saturated rings. The number of hydrogen-bond donors (Lipinski definition) is 0. The van der Waals surface area contributed by atoms with Gasteiger partial charge >= 0.3 is 5.97 Å². The highest BCUT2D eigenvalue weighted by Gasteiger charge is 2.33. The molecule has 0 spiro atoms. The quantitative estimate of drug-likeness (QED) is 0.626. The number of hydrogen-bond acceptors (Lipinski definition) is 3. The van der Waals surface area contributed by atoms with Crippen LogP contribution in [0.3, 0.4) is 0 Å². The van der Waals surface area contributed by atoms with Crippen LogP contribution in [-0.2, 0) is 9.53 Å². The Hall–Kier alpha value is -1.84. The number of ether oxygens (including phenoxy) is 2. The van der Waals surface area contributed by atoms with Gasteiger partial charge in [0, 0.05) is 12.0 Å². The largest absolute Gasteiger partial charge is 0.482 e. The summed E-state index contributed by atoms with van der Waals surface area (Å²) in [5.41, 5.74) is 1.06. The Kier molecular flexibility index (Phi) is 1.96. The molecule has 3 nitrogen and oxygen atoms in total. The Bertz CT molecular complexity index is 493. The fourth-order valence-corrected chi connectivity index (χ4v) is 1.98. The molecule has 0 amide bonds. The summed E-state index contributed by atoms with van der Waals surface area (Å²) in [5, 5.41) is 0. The van der Waals surface area contributed by atoms with E-state index in [-0.39, 0.29) is 17.8 Å². The number of para-hydroxylation sites is 1. The second-order valence-corrected chi connectivity index (χ2v) is 3.79. The maximum atomic E-state index is 13.5. The Labute approximate surface area is 91.5 Å². The van der Waals surface area contributed by atoms with Gasteiger partial charge in [0.1, 0.15) is 6.10 Å². The van der Waals surface area contributed by atoms with Crippen molar-refractivity contribution in [3.63, 3.8) is 0 Å². The summed E-state index contributed by atoms with van der Waals surface area (Å²) in [6, 6.07) is 4.64. The molecule has 2 heterocycles. The highest BCUT2D eigenvalue weighted by molar-refractivity contribution is 5.96. The van der Waals surface area contributed by atoms with E-state index >= 15 is 0 Å². The van der Waals surface area contributed by atoms with Crippen LogP contribution in [-0.4, -0.2) is 18.7 Å². The molecule has 0 aromatic heterocycles. The fourth-order valence-electron chi connectivity index (χ4n) is 1.98. The van der Waals surface area contributed by atoms with Crippen LogP contribution in [0.2, 0.25) is 0 Å². The van der Waals surface area contributed by atoms with E-state index in [0.717, 1.165) is 0 Å². The molecule has 82 valence electrons. The third-order valence-electron chi connectivity index (χ3n) is 2.76. The van der Waals surface area contributed by atoms with Gasteiger partial charge in [-0.05, 0) is 12.1 Å². The fraction of sp³-hybridized carbons (Fsp3) is 0.250. The third-order valence-corrected chi connectivity index (χ3v) is 2.76. The molecule has 1 aromatic rings. The SMILES string of the molecule is O=C1OCCC2Oc3c(F)cccc3C=C12. The summed E-state index contributed by atoms with van der Waals surface area (Å²) in [6.45, 7) is 0.324. The number of cyclic esters (lactones) is 1. The first-order valence-corrected chi connectivity index (χ1v) is 5.09. The Morgan fingerprint density at radius 3 is 3.12 bits per heavy atom. The van der Waals surface area contributed by atoms with Gasteiger partial charge in [0.25, 0.3) is 0 Å². The van der Waals surface area contributed by atoms with Crippen LogP contribution < -0.4 is 4.74 Å². The number of carbonyl (C=O) groups is 1. The molecular formula is C12H9FO3. The van der Waals surface area contributed by atoms with Gasteiger partial charge in [-0.1, -0.05) is 12.1 Å². The predicted octanol–water partition coefficient (Wildman–Crippen LogP) is 1.92. The van der Waals surface area contributed by atoms with Gasteiger partial charge in [-0.2, -0.15) is 0 Å². The highest BCUT2D eigenvalue weighted by Crippen LogP contribution is 2.34. The van der Waals surface area contributed by atoms with Crippen LogP contribution in [0.5, 0.6) is 5.75 Å². The molecule has 16 heavy (non-hydrogen) atoms. The van der Waals surface area contributed by atoms with E-state index in [9.17, 15) is 9.18 Å². The van der Waals surface area contributed by atoms with E-state index in [4.69, 9.17) is 9.47 Å². The molecule has 3 rings (SSSR count). The van der Waals surface area contributed by atoms with E-state index in [2.05, 4.69) is 0 Å². The van der Waals surface area contributed by atoms with E-state index in [1.165, 1.54) is 6.07 Å². The Morgan fingerprint density at radius 2 is 2.25 bits per heavy atom. The summed E-state index contributed by atoms with van der Waals surface area (Å²) in [6.07, 6.45) is 1.85. The van der Waals surface area contributed by atoms with Crippen LogP contribution in [0.4, 0.5) is 4.39 Å². The van der Waals surface area contributed by atoms with Crippen LogP contribution in [0.25, 0.3) is 6.08 Å². The van der Waals surface area contributed by atoms with Crippen molar-refractivity contribution in [1.82, 2.24) is 0 Å². The van der Waals surface area contributed by atoms with Crippen LogP contribution in [0.1, 0.15) is 12.0 Å². The van der Waals surface area contributed by atoms with Gasteiger partial charge in [0.2, 0.25) is 0 Å². The van der Waals surface area contributed by atoms with Crippen molar-refractivity contribution >= 4 is 12.0 Å². The lowest BCUT2D eigenvalue weighted by Crippen LogP contribution is -2.34. The average molecular weight is 220 g/mol. The maximum absolute atomic E-state index is 13.5. The molecule has 1 unspecified atom stereocenters. The van der Waals surface area contributed by atoms with Crippen molar-refractivity contribution in [2.45, 2.75) is 12.5 Å². The molecule has 0 aliphatic carbocycles. The molecular weight excluding hydrogens is 211 g/mol. The average Bonchev–Trinajstić information content (AvgIpc) is 2.29. The van der Waals surface area contributed by atoms with E-state index in [0.29, 0.717) is 24.2 Å². The van der Waals surface area contributed by atoms with Crippen LogP contribution in [0.15, 0.2) is 23.8 Å². The first kappa shape index (κ1) is 9.39. The maximum Gasteiger partial charge on any atom is 0.337 e. The van der Waals surface area contributed by atoms with Gasteiger partial charge in [0.15, 0.2) is 11.6 Å². The molecule has 1 aromatic carbocycles. The summed E-state index contributed by atoms with van der Waals surface area (Å²) in [4.78, 5) is 11.5. The smallest absolute Gasteiger partial charge is 0.337 e. The summed E-state index contributed by atoms with van der Waals surface area (Å²) in [7, 11) is 0. The van der Waals surface area contributed by atoms with Gasteiger partial charge < -0.3 is 9.47 Å². The lowest BCUT2D eigenvalue weighted by atomic mass is 9.98. The van der Waals surface area contributed by atoms with E-state index in [1.54, 1.807) is 18.2 Å². The minimum atomic E-state index is -0.397. The standard InChI is InChI=1S/C12H9FO3/c13-9-3-1-2-7-6-8-10(16-11(7)9)4-5-15-12(8)14/h1-3,6,10H,4-5H2. The second kappa shape index (κ2) is 3.33. The molecule has 2 aliphatic rings. The summed E-state index contributed by atoms with van der Waals surface area (Å²) in [5.74, 6) is -0.538. The van der Waals surface area contributed by atoms with Crippen molar-refractivity contribution in [1.29, 1.82) is 0 Å². The lowest BCUT2D eigenvalue weighted by molar-refractivity contribution is -0.143. The van der Waals surface area contributed by atoms with Crippen LogP contribution >= 0.6 is 0 Å². The van der Waals surface area contributed by atoms with Gasteiger partial charge in [-0.25, -0.2) is 9.18 Å². The minimum Gasteiger partial charge on any atom is -0.482 e. The summed E-state index contributed by atoms with van der Waals surface area (Å²) >= 11 is 0. The molecule has 4 heteroatoms. The highest BCUT2D eigenvalue weighted by atomic mass is 19.1. The van der Waals surface area contributed by atoms with Crippen molar-refractivity contribution in [2.75, 3.05) is 6.61 Å². The molecule has 0 bridgehead atoms. The van der Waals surface area contributed by atoms with Gasteiger partial charge in [0.05, 0.1) is 12.2 Å². The van der Waals surface area contributed by atoms with Crippen molar-refractivity contribution < 1.29 is 18.7 Å². The molecule has 0 N–H and O–H groups in total. The zero-order valence-corrected chi connectivity index (χ0v) is 8.40. The van der Waals surface area contributed by atoms with E-state index < -0.39 is 5.82 Å². The zero-order valence-electron chi connectivity index (χ0n) is 8.40. The number of esters is 1. The summed E-state index contributed by atoms with van der Waals surface area (Å²) < 4.78 is 23.9. The number of halogens is 1. The second-order valence-electron chi connectivity index (χ2n) is 3.79. The Morgan fingerprint density at radius 1 is 1.38 bits per heavy atom. The lowest BCUT2D eigenvalue weighted by Gasteiger charge is -2.29. The van der Waals surface area contributed by atoms with Crippen LogP contribution in [0, 0.1) is 5.82 Å². The monoisotopic (exact) mass is 220 g/mol. The number of fused-ring (bicyclic) bond motifs is 2. The molecule has 1 atom stereocenters. The Balaban J connectivity index is 2.12. The molecule has 0 saturated carbocycles. The van der Waals surface area contributed by atoms with Crippen molar-refractivity contribution in [3.8, 4) is 5.75 Å². The molecule has 1 saturated heterocycles. The number of carbonyl (C=O) groups excluding carboxylic acids is 1. The van der Waals surface area contributed by atoms with Gasteiger partial charge in [-0.15, -0.1) is 0 Å². The molecule has 2 aliphatic heterocycles. The molecule has 0 radical (unpaired) electrons. The first-order chi connectivity index (χ1) is 7.75. The normalized spacial score (nSPS) is 22.4. The minimum absolute atomic E-state index is 0.228. The van der Waals surface area contributed by atoms with Crippen molar-refractivity contribution in [3.05, 3.63) is 35.2 Å². The van der Waals surface area contributed by atoms with Gasteiger partial charge in [-0.3, -0.25) is 0 Å². The topological polar surface area (TPSA) is 35.5 Å². The predicted molar refractivity (Wildman–Crippen MR) is 54.4 cm³/mol. The number of rotatable bonds is 0. The third kappa shape index (κ3) is 1.30.